The van der Waals surface area contributed by atoms with E-state index in [4.69, 9.17) is 9.47 Å². The largest absolute Gasteiger partial charge is 0.490 e. The number of ether oxygens (including phenoxy) is 2. The molecule has 0 bridgehead atoms. The van der Waals surface area contributed by atoms with Crippen LogP contribution in [0.5, 0.6) is 5.75 Å². The number of halogens is 4. The van der Waals surface area contributed by atoms with E-state index in [0.717, 1.165) is 64.4 Å². The van der Waals surface area contributed by atoms with Gasteiger partial charge in [0.1, 0.15) is 0 Å². The molecule has 2 saturated carbocycles. The summed E-state index contributed by atoms with van der Waals surface area (Å²) < 4.78 is 70.5. The monoisotopic (exact) mass is 546 g/mol. The van der Waals surface area contributed by atoms with Crippen molar-refractivity contribution >= 4 is 6.08 Å². The van der Waals surface area contributed by atoms with E-state index >= 15 is 4.39 Å². The van der Waals surface area contributed by atoms with Crippen LogP contribution in [0.3, 0.4) is 0 Å². The minimum Gasteiger partial charge on any atom is -0.490 e. The molecule has 0 saturated heterocycles. The van der Waals surface area contributed by atoms with Gasteiger partial charge in [0, 0.05) is 12.2 Å². The van der Waals surface area contributed by atoms with Gasteiger partial charge < -0.3 is 9.47 Å². The van der Waals surface area contributed by atoms with E-state index < -0.39 is 23.3 Å². The van der Waals surface area contributed by atoms with E-state index in [1.54, 1.807) is 24.3 Å². The van der Waals surface area contributed by atoms with E-state index in [-0.39, 0.29) is 35.2 Å². The number of rotatable bonds is 11. The van der Waals surface area contributed by atoms with Gasteiger partial charge in [-0.05, 0) is 99.2 Å². The summed E-state index contributed by atoms with van der Waals surface area (Å²) >= 11 is 0. The normalized spacial score (nSPS) is 23.8. The Bertz CT molecular complexity index is 1100. The van der Waals surface area contributed by atoms with Crippen molar-refractivity contribution in [3.05, 3.63) is 70.3 Å². The molecule has 0 aliphatic heterocycles. The van der Waals surface area contributed by atoms with Crippen molar-refractivity contribution in [3.63, 3.8) is 0 Å². The van der Waals surface area contributed by atoms with Crippen LogP contribution < -0.4 is 4.74 Å². The molecule has 214 valence electrons. The Morgan fingerprint density at radius 2 is 1.31 bits per heavy atom. The predicted octanol–water partition coefficient (Wildman–Crippen LogP) is 9.86. The molecule has 0 N–H and O–H groups in total. The van der Waals surface area contributed by atoms with Gasteiger partial charge in [-0.1, -0.05) is 50.6 Å². The first-order valence-electron chi connectivity index (χ1n) is 14.8. The van der Waals surface area contributed by atoms with E-state index in [1.165, 1.54) is 6.07 Å². The molecule has 2 fully saturated rings. The van der Waals surface area contributed by atoms with Gasteiger partial charge in [-0.15, -0.1) is 0 Å². The molecule has 0 aromatic heterocycles. The lowest BCUT2D eigenvalue weighted by atomic mass is 9.78. The molecule has 6 heteroatoms. The highest BCUT2D eigenvalue weighted by molar-refractivity contribution is 5.52. The van der Waals surface area contributed by atoms with Gasteiger partial charge in [-0.25, -0.2) is 13.2 Å². The molecule has 0 unspecified atom stereocenters. The van der Waals surface area contributed by atoms with Gasteiger partial charge in [0.2, 0.25) is 5.82 Å². The lowest BCUT2D eigenvalue weighted by Crippen LogP contribution is -2.21. The predicted molar refractivity (Wildman–Crippen MR) is 148 cm³/mol. The number of unbranched alkanes of at least 4 members (excludes halogenated alkanes) is 1. The lowest BCUT2D eigenvalue weighted by molar-refractivity contribution is 0.0248. The van der Waals surface area contributed by atoms with E-state index in [2.05, 4.69) is 6.92 Å². The van der Waals surface area contributed by atoms with Gasteiger partial charge in [0.25, 0.3) is 0 Å². The zero-order chi connectivity index (χ0) is 27.8. The van der Waals surface area contributed by atoms with Crippen molar-refractivity contribution in [1.29, 1.82) is 0 Å². The zero-order valence-electron chi connectivity index (χ0n) is 23.3. The molecule has 0 radical (unpaired) electrons. The first-order valence-corrected chi connectivity index (χ1v) is 14.8. The highest BCUT2D eigenvalue weighted by Crippen LogP contribution is 2.40. The molecular weight excluding hydrogens is 504 g/mol. The Kier molecular flexibility index (Phi) is 10.9. The fourth-order valence-electron chi connectivity index (χ4n) is 6.01. The Morgan fingerprint density at radius 1 is 0.692 bits per heavy atom. The zero-order valence-corrected chi connectivity index (χ0v) is 23.3. The Morgan fingerprint density at radius 3 is 1.95 bits per heavy atom. The molecule has 2 aliphatic rings. The fourth-order valence-corrected chi connectivity index (χ4v) is 6.01. The fraction of sp³-hybridized carbons (Fsp3) is 0.576. The topological polar surface area (TPSA) is 18.5 Å². The highest BCUT2D eigenvalue weighted by atomic mass is 19.2. The van der Waals surface area contributed by atoms with Gasteiger partial charge >= 0.3 is 0 Å². The number of benzene rings is 2. The summed E-state index contributed by atoms with van der Waals surface area (Å²) in [5, 5.41) is 0. The number of hydrogen-bond acceptors (Lipinski definition) is 2. The summed E-state index contributed by atoms with van der Waals surface area (Å²) in [5.41, 5.74) is 1.12. The van der Waals surface area contributed by atoms with Crippen LogP contribution in [-0.2, 0) is 4.74 Å². The summed E-state index contributed by atoms with van der Waals surface area (Å²) in [5.74, 6) is -3.14. The summed E-state index contributed by atoms with van der Waals surface area (Å²) in [6.45, 7) is 5.21. The summed E-state index contributed by atoms with van der Waals surface area (Å²) in [6, 6.07) is 6.59. The quantitative estimate of drug-likeness (QED) is 0.206. The van der Waals surface area contributed by atoms with Gasteiger partial charge in [0.15, 0.2) is 23.2 Å². The van der Waals surface area contributed by atoms with Crippen molar-refractivity contribution < 1.29 is 27.0 Å². The third kappa shape index (κ3) is 7.45. The second-order valence-electron chi connectivity index (χ2n) is 11.2. The molecule has 0 spiro atoms. The molecule has 0 amide bonds. The Hall–Kier alpha value is -2.34. The van der Waals surface area contributed by atoms with E-state index in [0.29, 0.717) is 30.6 Å². The maximum atomic E-state index is 15.0. The summed E-state index contributed by atoms with van der Waals surface area (Å²) in [6.07, 6.45) is 12.9. The third-order valence-electron chi connectivity index (χ3n) is 8.41. The first kappa shape index (κ1) is 29.6. The van der Waals surface area contributed by atoms with Crippen LogP contribution in [-0.4, -0.2) is 19.3 Å². The smallest absolute Gasteiger partial charge is 0.200 e. The summed E-state index contributed by atoms with van der Waals surface area (Å²) in [4.78, 5) is 0. The second-order valence-corrected chi connectivity index (χ2v) is 11.2. The van der Waals surface area contributed by atoms with Crippen molar-refractivity contribution in [2.75, 3.05) is 13.2 Å². The van der Waals surface area contributed by atoms with Crippen LogP contribution in [0.25, 0.3) is 6.08 Å². The van der Waals surface area contributed by atoms with Gasteiger partial charge in [-0.2, -0.15) is 4.39 Å². The standard InChI is InChI=1S/C33H42F4O2/c1-3-5-21-39-29-19-18-28(32(36)33(29)37)23-9-6-22(7-10-23)8-11-25-14-17-27(31(35)30(25)34)24-12-15-26(16-13-24)38-20-4-2/h8,11,14,17-19,22-24,26H,3-7,9-10,12-13,15-16,20-21H2,1-2H3/b11-8+. The van der Waals surface area contributed by atoms with Crippen molar-refractivity contribution in [3.8, 4) is 5.75 Å². The lowest BCUT2D eigenvalue weighted by Gasteiger charge is -2.29. The second kappa shape index (κ2) is 14.3. The minimum absolute atomic E-state index is 0.0245. The van der Waals surface area contributed by atoms with E-state index in [1.807, 2.05) is 13.0 Å². The molecule has 0 atom stereocenters. The molecule has 2 aromatic rings. The molecule has 2 nitrogen and oxygen atoms in total. The maximum absolute atomic E-state index is 15.0. The minimum atomic E-state index is -0.913. The molecule has 2 aliphatic carbocycles. The maximum Gasteiger partial charge on any atom is 0.200 e. The van der Waals surface area contributed by atoms with Gasteiger partial charge in [0.05, 0.1) is 12.7 Å². The average molecular weight is 547 g/mol. The summed E-state index contributed by atoms with van der Waals surface area (Å²) in [7, 11) is 0. The first-order chi connectivity index (χ1) is 18.9. The van der Waals surface area contributed by atoms with Crippen LogP contribution in [0.2, 0.25) is 0 Å². The van der Waals surface area contributed by atoms with E-state index in [9.17, 15) is 13.2 Å². The van der Waals surface area contributed by atoms with Gasteiger partial charge in [-0.3, -0.25) is 0 Å². The molecule has 39 heavy (non-hydrogen) atoms. The molecule has 2 aromatic carbocycles. The van der Waals surface area contributed by atoms with Crippen molar-refractivity contribution in [2.24, 2.45) is 5.92 Å². The Labute approximate surface area is 230 Å². The van der Waals surface area contributed by atoms with Crippen LogP contribution in [0, 0.1) is 29.2 Å². The number of hydrogen-bond donors (Lipinski definition) is 0. The number of allylic oxidation sites excluding steroid dienone is 1. The van der Waals surface area contributed by atoms with Crippen LogP contribution in [0.4, 0.5) is 17.6 Å². The highest BCUT2D eigenvalue weighted by Gasteiger charge is 2.28. The molecular formula is C33H42F4O2. The third-order valence-corrected chi connectivity index (χ3v) is 8.41. The van der Waals surface area contributed by atoms with Crippen molar-refractivity contribution in [2.45, 2.75) is 102 Å². The van der Waals surface area contributed by atoms with Crippen molar-refractivity contribution in [1.82, 2.24) is 0 Å². The average Bonchev–Trinajstić information content (AvgIpc) is 2.96. The Balaban J connectivity index is 1.32. The van der Waals surface area contributed by atoms with Crippen LogP contribution in [0.1, 0.15) is 113 Å². The van der Waals surface area contributed by atoms with Crippen LogP contribution in [0.15, 0.2) is 30.3 Å². The SMILES string of the molecule is CCCCOc1ccc(C2CCC(/C=C/c3ccc(C4CCC(OCCC)CC4)c(F)c3F)CC2)c(F)c1F. The molecule has 0 heterocycles. The molecule has 4 rings (SSSR count). The van der Waals surface area contributed by atoms with Crippen LogP contribution >= 0.6 is 0 Å².